The fourth-order valence-corrected chi connectivity index (χ4v) is 3.33. The quantitative estimate of drug-likeness (QED) is 0.763. The summed E-state index contributed by atoms with van der Waals surface area (Å²) in [5.74, 6) is -0.725. The monoisotopic (exact) mass is 334 g/mol. The molecule has 0 saturated heterocycles. The number of aryl methyl sites for hydroxylation is 1. The van der Waals surface area contributed by atoms with E-state index in [1.807, 2.05) is 6.92 Å². The van der Waals surface area contributed by atoms with E-state index in [2.05, 4.69) is 10.3 Å². The third-order valence-electron chi connectivity index (χ3n) is 4.57. The van der Waals surface area contributed by atoms with Gasteiger partial charge in [0.2, 0.25) is 0 Å². The Bertz CT molecular complexity index is 582. The van der Waals surface area contributed by atoms with Crippen molar-refractivity contribution in [2.24, 2.45) is 5.92 Å². The van der Waals surface area contributed by atoms with Crippen LogP contribution in [-0.2, 0) is 4.74 Å². The standard InChI is InChI=1S/C18H26N2O4/c1-3-24-16(13-6-4-5-7-13)10-11-19-17(21)15-9-8-14(18(22)23)12(2)20-15/h8-9,13,16H,3-7,10-11H2,1-2H3,(H,19,21)(H,22,23). The van der Waals surface area contributed by atoms with Crippen molar-refractivity contribution in [1.82, 2.24) is 10.3 Å². The lowest BCUT2D eigenvalue weighted by Crippen LogP contribution is -2.31. The van der Waals surface area contributed by atoms with Crippen LogP contribution in [0.25, 0.3) is 0 Å². The molecule has 0 aromatic carbocycles. The average molecular weight is 334 g/mol. The maximum Gasteiger partial charge on any atom is 0.337 e. The van der Waals surface area contributed by atoms with E-state index in [0.717, 1.165) is 6.42 Å². The number of nitrogens with zero attached hydrogens (tertiary/aromatic N) is 1. The zero-order valence-electron chi connectivity index (χ0n) is 14.4. The van der Waals surface area contributed by atoms with Crippen molar-refractivity contribution in [1.29, 1.82) is 0 Å². The van der Waals surface area contributed by atoms with Crippen LogP contribution in [0.3, 0.4) is 0 Å². The molecular formula is C18H26N2O4. The number of pyridine rings is 1. The van der Waals surface area contributed by atoms with Crippen molar-refractivity contribution >= 4 is 11.9 Å². The van der Waals surface area contributed by atoms with Crippen molar-refractivity contribution in [3.8, 4) is 0 Å². The highest BCUT2D eigenvalue weighted by atomic mass is 16.5. The number of hydrogen-bond donors (Lipinski definition) is 2. The highest BCUT2D eigenvalue weighted by Crippen LogP contribution is 2.30. The van der Waals surface area contributed by atoms with E-state index in [4.69, 9.17) is 9.84 Å². The molecule has 1 saturated carbocycles. The molecule has 1 atom stereocenters. The molecule has 1 heterocycles. The summed E-state index contributed by atoms with van der Waals surface area (Å²) >= 11 is 0. The van der Waals surface area contributed by atoms with E-state index >= 15 is 0 Å². The first kappa shape index (κ1) is 18.4. The average Bonchev–Trinajstić information content (AvgIpc) is 3.07. The number of carboxylic acid groups (broad SMARTS) is 1. The molecule has 1 amide bonds. The smallest absolute Gasteiger partial charge is 0.337 e. The second-order valence-corrected chi connectivity index (χ2v) is 6.22. The number of aromatic nitrogens is 1. The number of carbonyl (C=O) groups is 2. The summed E-state index contributed by atoms with van der Waals surface area (Å²) in [7, 11) is 0. The molecule has 1 aromatic rings. The fourth-order valence-electron chi connectivity index (χ4n) is 3.33. The number of amides is 1. The topological polar surface area (TPSA) is 88.5 Å². The fraction of sp³-hybridized carbons (Fsp3) is 0.611. The van der Waals surface area contributed by atoms with Crippen molar-refractivity contribution in [2.75, 3.05) is 13.2 Å². The second-order valence-electron chi connectivity index (χ2n) is 6.22. The lowest BCUT2D eigenvalue weighted by molar-refractivity contribution is 0.0163. The lowest BCUT2D eigenvalue weighted by atomic mass is 9.98. The molecule has 0 bridgehead atoms. The lowest BCUT2D eigenvalue weighted by Gasteiger charge is -2.23. The molecule has 6 nitrogen and oxygen atoms in total. The van der Waals surface area contributed by atoms with E-state index in [-0.39, 0.29) is 23.3 Å². The van der Waals surface area contributed by atoms with Crippen LogP contribution >= 0.6 is 0 Å². The molecule has 1 unspecified atom stereocenters. The highest BCUT2D eigenvalue weighted by molar-refractivity contribution is 5.94. The Labute approximate surface area is 142 Å². The number of nitrogens with one attached hydrogen (secondary N) is 1. The van der Waals surface area contributed by atoms with Crippen LogP contribution in [-0.4, -0.2) is 41.2 Å². The van der Waals surface area contributed by atoms with E-state index in [1.54, 1.807) is 6.92 Å². The number of carboxylic acids is 1. The highest BCUT2D eigenvalue weighted by Gasteiger charge is 2.25. The van der Waals surface area contributed by atoms with Gasteiger partial charge in [0, 0.05) is 13.2 Å². The van der Waals surface area contributed by atoms with E-state index in [9.17, 15) is 9.59 Å². The summed E-state index contributed by atoms with van der Waals surface area (Å²) in [6.45, 7) is 4.80. The van der Waals surface area contributed by atoms with Crippen molar-refractivity contribution in [3.05, 3.63) is 29.1 Å². The second kappa shape index (κ2) is 8.78. The zero-order valence-corrected chi connectivity index (χ0v) is 14.4. The Morgan fingerprint density at radius 1 is 1.38 bits per heavy atom. The Morgan fingerprint density at radius 3 is 2.67 bits per heavy atom. The number of rotatable bonds is 8. The normalized spacial score (nSPS) is 16.1. The molecule has 1 aliphatic rings. The summed E-state index contributed by atoms with van der Waals surface area (Å²) in [6.07, 6.45) is 5.92. The molecule has 2 rings (SSSR count). The summed E-state index contributed by atoms with van der Waals surface area (Å²) in [4.78, 5) is 27.2. The van der Waals surface area contributed by atoms with Crippen LogP contribution in [0.4, 0.5) is 0 Å². The largest absolute Gasteiger partial charge is 0.478 e. The van der Waals surface area contributed by atoms with Gasteiger partial charge < -0.3 is 15.2 Å². The SMILES string of the molecule is CCOC(CCNC(=O)c1ccc(C(=O)O)c(C)n1)C1CCCC1. The maximum absolute atomic E-state index is 12.2. The van der Waals surface area contributed by atoms with Gasteiger partial charge >= 0.3 is 5.97 Å². The number of carbonyl (C=O) groups excluding carboxylic acids is 1. The third-order valence-corrected chi connectivity index (χ3v) is 4.57. The summed E-state index contributed by atoms with van der Waals surface area (Å²) in [5.41, 5.74) is 0.698. The Kier molecular flexibility index (Phi) is 6.73. The maximum atomic E-state index is 12.2. The molecular weight excluding hydrogens is 308 g/mol. The van der Waals surface area contributed by atoms with E-state index < -0.39 is 5.97 Å². The Balaban J connectivity index is 1.87. The van der Waals surface area contributed by atoms with Gasteiger partial charge in [-0.25, -0.2) is 9.78 Å². The first-order valence-corrected chi connectivity index (χ1v) is 8.63. The molecule has 132 valence electrons. The first-order valence-electron chi connectivity index (χ1n) is 8.63. The minimum atomic E-state index is -1.04. The van der Waals surface area contributed by atoms with Crippen LogP contribution in [0.15, 0.2) is 12.1 Å². The summed E-state index contributed by atoms with van der Waals surface area (Å²) in [6, 6.07) is 2.86. The Hall–Kier alpha value is -1.95. The van der Waals surface area contributed by atoms with Crippen LogP contribution in [0.5, 0.6) is 0 Å². The Morgan fingerprint density at radius 2 is 2.08 bits per heavy atom. The minimum Gasteiger partial charge on any atom is -0.478 e. The van der Waals surface area contributed by atoms with Crippen LogP contribution in [0, 0.1) is 12.8 Å². The van der Waals surface area contributed by atoms with Crippen LogP contribution in [0.1, 0.15) is 65.6 Å². The third kappa shape index (κ3) is 4.77. The number of ether oxygens (including phenoxy) is 1. The molecule has 24 heavy (non-hydrogen) atoms. The van der Waals surface area contributed by atoms with Gasteiger partial charge in [0.25, 0.3) is 5.91 Å². The molecule has 2 N–H and O–H groups in total. The van der Waals surface area contributed by atoms with Gasteiger partial charge in [-0.15, -0.1) is 0 Å². The predicted octanol–water partition coefficient (Wildman–Crippen LogP) is 2.80. The first-order chi connectivity index (χ1) is 11.5. The molecule has 1 fully saturated rings. The van der Waals surface area contributed by atoms with Gasteiger partial charge in [0.1, 0.15) is 5.69 Å². The molecule has 6 heteroatoms. The summed E-state index contributed by atoms with van der Waals surface area (Å²) in [5, 5.41) is 11.9. The molecule has 1 aromatic heterocycles. The number of hydrogen-bond acceptors (Lipinski definition) is 4. The van der Waals surface area contributed by atoms with Crippen LogP contribution in [0.2, 0.25) is 0 Å². The zero-order chi connectivity index (χ0) is 17.5. The van der Waals surface area contributed by atoms with Crippen molar-refractivity contribution in [3.63, 3.8) is 0 Å². The molecule has 0 aliphatic heterocycles. The van der Waals surface area contributed by atoms with E-state index in [0.29, 0.717) is 24.8 Å². The van der Waals surface area contributed by atoms with Gasteiger partial charge in [0.15, 0.2) is 0 Å². The van der Waals surface area contributed by atoms with Crippen molar-refractivity contribution < 1.29 is 19.4 Å². The van der Waals surface area contributed by atoms with Gasteiger partial charge in [0.05, 0.1) is 17.4 Å². The van der Waals surface area contributed by atoms with Gasteiger partial charge in [-0.3, -0.25) is 4.79 Å². The molecule has 0 radical (unpaired) electrons. The van der Waals surface area contributed by atoms with Crippen LogP contribution < -0.4 is 5.32 Å². The number of aromatic carboxylic acids is 1. The van der Waals surface area contributed by atoms with Crippen molar-refractivity contribution in [2.45, 2.75) is 52.1 Å². The van der Waals surface area contributed by atoms with Gasteiger partial charge in [-0.1, -0.05) is 12.8 Å². The van der Waals surface area contributed by atoms with E-state index in [1.165, 1.54) is 37.8 Å². The summed E-state index contributed by atoms with van der Waals surface area (Å²) < 4.78 is 5.84. The predicted molar refractivity (Wildman–Crippen MR) is 90.3 cm³/mol. The molecule has 1 aliphatic carbocycles. The minimum absolute atomic E-state index is 0.115. The van der Waals surface area contributed by atoms with Gasteiger partial charge in [-0.05, 0) is 51.2 Å². The molecule has 0 spiro atoms. The van der Waals surface area contributed by atoms with Gasteiger partial charge in [-0.2, -0.15) is 0 Å².